The van der Waals surface area contributed by atoms with Crippen LogP contribution in [0.2, 0.25) is 0 Å². The molecule has 29 heavy (non-hydrogen) atoms. The molecule has 0 unspecified atom stereocenters. The van der Waals surface area contributed by atoms with Crippen LogP contribution in [-0.4, -0.2) is 39.2 Å². The Morgan fingerprint density at radius 2 is 1.83 bits per heavy atom. The van der Waals surface area contributed by atoms with Crippen molar-refractivity contribution in [1.82, 2.24) is 20.2 Å². The van der Waals surface area contributed by atoms with Crippen LogP contribution in [0.15, 0.2) is 48.5 Å². The molecule has 1 aromatic heterocycles. The van der Waals surface area contributed by atoms with Gasteiger partial charge < -0.3 is 14.8 Å². The third kappa shape index (κ3) is 4.75. The summed E-state index contributed by atoms with van der Waals surface area (Å²) in [5, 5.41) is 14.3. The summed E-state index contributed by atoms with van der Waals surface area (Å²) in [7, 11) is 1.29. The molecule has 9 heteroatoms. The number of esters is 1. The highest BCUT2D eigenvalue weighted by Gasteiger charge is 2.14. The van der Waals surface area contributed by atoms with Gasteiger partial charge in [-0.15, -0.1) is 5.10 Å². The maximum absolute atomic E-state index is 12.5. The zero-order valence-electron chi connectivity index (χ0n) is 16.3. The number of benzene rings is 2. The predicted octanol–water partition coefficient (Wildman–Crippen LogP) is 2.87. The number of tetrazole rings is 1. The Bertz CT molecular complexity index is 998. The van der Waals surface area contributed by atoms with E-state index in [4.69, 9.17) is 9.47 Å². The number of nitrogens with zero attached hydrogens (tertiary/aromatic N) is 4. The maximum Gasteiger partial charge on any atom is 0.339 e. The van der Waals surface area contributed by atoms with Gasteiger partial charge in [-0.25, -0.2) is 9.48 Å². The summed E-state index contributed by atoms with van der Waals surface area (Å²) in [6.45, 7) is 4.17. The number of ether oxygens (including phenoxy) is 2. The number of amides is 1. The monoisotopic (exact) mass is 395 g/mol. The fourth-order valence-electron chi connectivity index (χ4n) is 2.63. The van der Waals surface area contributed by atoms with Gasteiger partial charge in [-0.3, -0.25) is 4.79 Å². The van der Waals surface area contributed by atoms with Crippen molar-refractivity contribution >= 4 is 17.6 Å². The van der Waals surface area contributed by atoms with Crippen LogP contribution in [0.4, 0.5) is 5.69 Å². The first-order chi connectivity index (χ1) is 14.0. The molecule has 2 aromatic carbocycles. The van der Waals surface area contributed by atoms with Gasteiger partial charge in [-0.05, 0) is 60.7 Å². The van der Waals surface area contributed by atoms with Crippen molar-refractivity contribution in [2.24, 2.45) is 0 Å². The molecule has 3 rings (SSSR count). The lowest BCUT2D eigenvalue weighted by molar-refractivity contribution is 0.0602. The Morgan fingerprint density at radius 1 is 1.10 bits per heavy atom. The van der Waals surface area contributed by atoms with Crippen molar-refractivity contribution in [3.05, 3.63) is 65.5 Å². The van der Waals surface area contributed by atoms with Crippen molar-refractivity contribution in [1.29, 1.82) is 0 Å². The zero-order chi connectivity index (χ0) is 20.8. The molecule has 0 atom stereocenters. The van der Waals surface area contributed by atoms with Crippen molar-refractivity contribution < 1.29 is 19.1 Å². The average Bonchev–Trinajstić information content (AvgIpc) is 3.21. The van der Waals surface area contributed by atoms with Crippen LogP contribution in [0.3, 0.4) is 0 Å². The Labute approximate surface area is 167 Å². The van der Waals surface area contributed by atoms with Crippen LogP contribution < -0.4 is 10.1 Å². The summed E-state index contributed by atoms with van der Waals surface area (Å²) in [4.78, 5) is 24.3. The minimum absolute atomic E-state index is 0.127. The van der Waals surface area contributed by atoms with Gasteiger partial charge in [0, 0.05) is 5.56 Å². The second kappa shape index (κ2) is 8.96. The van der Waals surface area contributed by atoms with Gasteiger partial charge in [-0.1, -0.05) is 12.1 Å². The fourth-order valence-corrected chi connectivity index (χ4v) is 2.63. The number of carbonyl (C=O) groups is 2. The molecule has 0 fully saturated rings. The largest absolute Gasteiger partial charge is 0.486 e. The average molecular weight is 395 g/mol. The van der Waals surface area contributed by atoms with Crippen molar-refractivity contribution in [2.75, 3.05) is 12.4 Å². The normalized spacial score (nSPS) is 10.6. The number of anilines is 1. The highest BCUT2D eigenvalue weighted by atomic mass is 16.5. The molecule has 0 aliphatic heterocycles. The molecule has 0 spiro atoms. The highest BCUT2D eigenvalue weighted by molar-refractivity contribution is 6.08. The first kappa shape index (κ1) is 20.0. The van der Waals surface area contributed by atoms with Crippen LogP contribution in [-0.2, 0) is 11.3 Å². The molecule has 0 saturated heterocycles. The third-order valence-electron chi connectivity index (χ3n) is 4.12. The summed E-state index contributed by atoms with van der Waals surface area (Å²) in [6.07, 6.45) is 0. The maximum atomic E-state index is 12.5. The number of rotatable bonds is 7. The lowest BCUT2D eigenvalue weighted by Crippen LogP contribution is -2.15. The third-order valence-corrected chi connectivity index (χ3v) is 4.12. The molecule has 0 radical (unpaired) electrons. The van der Waals surface area contributed by atoms with Gasteiger partial charge in [0.1, 0.15) is 12.4 Å². The minimum Gasteiger partial charge on any atom is -0.486 e. The molecule has 150 valence electrons. The van der Waals surface area contributed by atoms with Crippen molar-refractivity contribution in [3.8, 4) is 5.75 Å². The smallest absolute Gasteiger partial charge is 0.339 e. The van der Waals surface area contributed by atoms with Crippen LogP contribution in [0, 0.1) is 0 Å². The Kier molecular flexibility index (Phi) is 6.18. The van der Waals surface area contributed by atoms with Crippen LogP contribution in [0.25, 0.3) is 0 Å². The molecule has 1 N–H and O–H groups in total. The van der Waals surface area contributed by atoms with E-state index in [1.807, 2.05) is 13.8 Å². The quantitative estimate of drug-likeness (QED) is 0.613. The summed E-state index contributed by atoms with van der Waals surface area (Å²) in [5.74, 6) is 0.320. The number of aromatic nitrogens is 4. The zero-order valence-corrected chi connectivity index (χ0v) is 16.3. The number of nitrogens with one attached hydrogen (secondary N) is 1. The van der Waals surface area contributed by atoms with E-state index in [9.17, 15) is 9.59 Å². The first-order valence-electron chi connectivity index (χ1n) is 8.98. The highest BCUT2D eigenvalue weighted by Crippen LogP contribution is 2.19. The Balaban J connectivity index is 1.65. The number of hydrogen-bond acceptors (Lipinski definition) is 7. The van der Waals surface area contributed by atoms with Crippen LogP contribution >= 0.6 is 0 Å². The minimum atomic E-state index is -0.520. The summed E-state index contributed by atoms with van der Waals surface area (Å²) in [5.41, 5.74) is 1.08. The van der Waals surface area contributed by atoms with E-state index in [-0.39, 0.29) is 24.1 Å². The molecule has 0 aliphatic rings. The lowest BCUT2D eigenvalue weighted by atomic mass is 10.1. The van der Waals surface area contributed by atoms with Gasteiger partial charge in [-0.2, -0.15) is 0 Å². The summed E-state index contributed by atoms with van der Waals surface area (Å²) < 4.78 is 12.1. The van der Waals surface area contributed by atoms with Crippen molar-refractivity contribution in [2.45, 2.75) is 26.5 Å². The van der Waals surface area contributed by atoms with Gasteiger partial charge >= 0.3 is 5.97 Å². The van der Waals surface area contributed by atoms with E-state index in [1.165, 1.54) is 7.11 Å². The van der Waals surface area contributed by atoms with E-state index in [0.717, 1.165) is 0 Å². The van der Waals surface area contributed by atoms with E-state index in [0.29, 0.717) is 22.8 Å². The number of hydrogen-bond donors (Lipinski definition) is 1. The molecule has 0 aliphatic carbocycles. The van der Waals surface area contributed by atoms with Crippen LogP contribution in [0.5, 0.6) is 5.75 Å². The molecule has 1 heterocycles. The second-order valence-corrected chi connectivity index (χ2v) is 6.44. The first-order valence-corrected chi connectivity index (χ1v) is 8.98. The molecule has 9 nitrogen and oxygen atoms in total. The summed E-state index contributed by atoms with van der Waals surface area (Å²) in [6, 6.07) is 13.4. The topological polar surface area (TPSA) is 108 Å². The molecule has 0 saturated carbocycles. The SMILES string of the molecule is COC(=O)c1ccccc1NC(=O)c1ccc(OCc2nnnn2C(C)C)cc1. The van der Waals surface area contributed by atoms with E-state index in [2.05, 4.69) is 20.8 Å². The van der Waals surface area contributed by atoms with Crippen LogP contribution in [0.1, 0.15) is 46.4 Å². The Morgan fingerprint density at radius 3 is 2.52 bits per heavy atom. The Hall–Kier alpha value is -3.75. The van der Waals surface area contributed by atoms with Gasteiger partial charge in [0.25, 0.3) is 5.91 Å². The molecule has 3 aromatic rings. The van der Waals surface area contributed by atoms with Gasteiger partial charge in [0.2, 0.25) is 0 Å². The fraction of sp³-hybridized carbons (Fsp3) is 0.250. The molecular formula is C20H21N5O4. The lowest BCUT2D eigenvalue weighted by Gasteiger charge is -2.11. The van der Waals surface area contributed by atoms with Crippen molar-refractivity contribution in [3.63, 3.8) is 0 Å². The van der Waals surface area contributed by atoms with Gasteiger partial charge in [0.15, 0.2) is 5.82 Å². The molecule has 1 amide bonds. The van der Waals surface area contributed by atoms with E-state index >= 15 is 0 Å². The molecular weight excluding hydrogens is 374 g/mol. The number of para-hydroxylation sites is 1. The molecule has 0 bridgehead atoms. The summed E-state index contributed by atoms with van der Waals surface area (Å²) >= 11 is 0. The van der Waals surface area contributed by atoms with E-state index in [1.54, 1.807) is 53.2 Å². The number of carbonyl (C=O) groups excluding carboxylic acids is 2. The number of methoxy groups -OCH3 is 1. The predicted molar refractivity (Wildman–Crippen MR) is 105 cm³/mol. The van der Waals surface area contributed by atoms with Gasteiger partial charge in [0.05, 0.1) is 24.4 Å². The standard InChI is InChI=1S/C20H21N5O4/c1-13(2)25-18(22-23-24-25)12-29-15-10-8-14(9-11-15)19(26)21-17-7-5-4-6-16(17)20(27)28-3/h4-11,13H,12H2,1-3H3,(H,21,26). The van der Waals surface area contributed by atoms with E-state index < -0.39 is 5.97 Å². The second-order valence-electron chi connectivity index (χ2n) is 6.44.